The number of rotatable bonds is 4. The third-order valence-electron chi connectivity index (χ3n) is 4.31. The standard InChI is InChI=1S/C16H25N5O2/c1-10(17)16(23)21-8-6-12(7-9-21)11(2)19-15(22)13-4-3-5-14(18)20-13/h3-5,10-12H,6-9,17H2,1-2H3,(H2,18,20)(H,19,22). The molecule has 5 N–H and O–H groups in total. The lowest BCUT2D eigenvalue weighted by Crippen LogP contribution is -2.49. The Hall–Kier alpha value is -2.15. The second kappa shape index (κ2) is 7.41. The van der Waals surface area contributed by atoms with Crippen molar-refractivity contribution in [1.82, 2.24) is 15.2 Å². The number of carbonyl (C=O) groups excluding carboxylic acids is 2. The number of amides is 2. The number of nitrogens with two attached hydrogens (primary N) is 2. The van der Waals surface area contributed by atoms with Crippen LogP contribution in [0.3, 0.4) is 0 Å². The predicted molar refractivity (Wildman–Crippen MR) is 88.5 cm³/mol. The SMILES string of the molecule is CC(N)C(=O)N1CCC(C(C)NC(=O)c2cccc(N)n2)CC1. The first-order valence-corrected chi connectivity index (χ1v) is 7.96. The molecule has 126 valence electrons. The van der Waals surface area contributed by atoms with E-state index in [-0.39, 0.29) is 17.9 Å². The summed E-state index contributed by atoms with van der Waals surface area (Å²) < 4.78 is 0. The van der Waals surface area contributed by atoms with Crippen LogP contribution in [0, 0.1) is 5.92 Å². The molecule has 0 spiro atoms. The van der Waals surface area contributed by atoms with Crippen LogP contribution in [0.5, 0.6) is 0 Å². The second-order valence-electron chi connectivity index (χ2n) is 6.16. The second-order valence-corrected chi connectivity index (χ2v) is 6.16. The highest BCUT2D eigenvalue weighted by Gasteiger charge is 2.28. The molecule has 0 aromatic carbocycles. The minimum atomic E-state index is -0.460. The zero-order valence-corrected chi connectivity index (χ0v) is 13.7. The van der Waals surface area contributed by atoms with E-state index < -0.39 is 6.04 Å². The van der Waals surface area contributed by atoms with Gasteiger partial charge in [-0.15, -0.1) is 0 Å². The molecule has 23 heavy (non-hydrogen) atoms. The van der Waals surface area contributed by atoms with Gasteiger partial charge in [0.1, 0.15) is 11.5 Å². The fraction of sp³-hybridized carbons (Fsp3) is 0.562. The van der Waals surface area contributed by atoms with Crippen molar-refractivity contribution in [2.75, 3.05) is 18.8 Å². The molecule has 1 aromatic rings. The summed E-state index contributed by atoms with van der Waals surface area (Å²) >= 11 is 0. The maximum atomic E-state index is 12.2. The maximum absolute atomic E-state index is 12.2. The van der Waals surface area contributed by atoms with Gasteiger partial charge in [-0.2, -0.15) is 0 Å². The maximum Gasteiger partial charge on any atom is 0.270 e. The van der Waals surface area contributed by atoms with Crippen molar-refractivity contribution < 1.29 is 9.59 Å². The highest BCUT2D eigenvalue weighted by atomic mass is 16.2. The first kappa shape index (κ1) is 17.2. The van der Waals surface area contributed by atoms with Gasteiger partial charge in [0.2, 0.25) is 5.91 Å². The number of likely N-dealkylation sites (tertiary alicyclic amines) is 1. The summed E-state index contributed by atoms with van der Waals surface area (Å²) in [6.07, 6.45) is 1.70. The average Bonchev–Trinajstić information content (AvgIpc) is 2.54. The molecule has 1 aliphatic rings. The molecule has 2 unspecified atom stereocenters. The van der Waals surface area contributed by atoms with Crippen LogP contribution in [0.1, 0.15) is 37.2 Å². The monoisotopic (exact) mass is 319 g/mol. The summed E-state index contributed by atoms with van der Waals surface area (Å²) in [6.45, 7) is 5.05. The fourth-order valence-electron chi connectivity index (χ4n) is 2.88. The lowest BCUT2D eigenvalue weighted by atomic mass is 9.90. The molecule has 2 heterocycles. The Kier molecular flexibility index (Phi) is 5.54. The quantitative estimate of drug-likeness (QED) is 0.741. The number of pyridine rings is 1. The molecule has 1 aromatic heterocycles. The minimum Gasteiger partial charge on any atom is -0.384 e. The Morgan fingerprint density at radius 2 is 1.96 bits per heavy atom. The van der Waals surface area contributed by atoms with Crippen LogP contribution in [0.2, 0.25) is 0 Å². The zero-order valence-electron chi connectivity index (χ0n) is 13.7. The van der Waals surface area contributed by atoms with Crippen LogP contribution in [0.25, 0.3) is 0 Å². The summed E-state index contributed by atoms with van der Waals surface area (Å²) in [4.78, 5) is 29.9. The number of anilines is 1. The molecule has 1 aliphatic heterocycles. The molecule has 7 heteroatoms. The number of piperidine rings is 1. The van der Waals surface area contributed by atoms with Crippen molar-refractivity contribution in [3.05, 3.63) is 23.9 Å². The molecule has 2 atom stereocenters. The fourth-order valence-corrected chi connectivity index (χ4v) is 2.88. The molecule has 0 radical (unpaired) electrons. The van der Waals surface area contributed by atoms with Gasteiger partial charge in [0.15, 0.2) is 0 Å². The summed E-state index contributed by atoms with van der Waals surface area (Å²) in [5, 5.41) is 2.97. The average molecular weight is 319 g/mol. The van der Waals surface area contributed by atoms with E-state index in [0.29, 0.717) is 30.5 Å². The van der Waals surface area contributed by atoms with Gasteiger partial charge in [0.05, 0.1) is 6.04 Å². The molecule has 1 fully saturated rings. The van der Waals surface area contributed by atoms with Crippen LogP contribution in [-0.4, -0.2) is 46.9 Å². The Morgan fingerprint density at radius 1 is 1.30 bits per heavy atom. The van der Waals surface area contributed by atoms with Crippen molar-refractivity contribution in [3.8, 4) is 0 Å². The van der Waals surface area contributed by atoms with E-state index in [1.165, 1.54) is 0 Å². The van der Waals surface area contributed by atoms with Gasteiger partial charge in [0.25, 0.3) is 5.91 Å². The molecular formula is C16H25N5O2. The van der Waals surface area contributed by atoms with E-state index in [1.54, 1.807) is 30.0 Å². The van der Waals surface area contributed by atoms with Gasteiger partial charge >= 0.3 is 0 Å². The molecule has 1 saturated heterocycles. The summed E-state index contributed by atoms with van der Waals surface area (Å²) in [5.41, 5.74) is 11.6. The minimum absolute atomic E-state index is 0.0101. The molecule has 0 aliphatic carbocycles. The Morgan fingerprint density at radius 3 is 2.52 bits per heavy atom. The van der Waals surface area contributed by atoms with Gasteiger partial charge < -0.3 is 21.7 Å². The van der Waals surface area contributed by atoms with Crippen LogP contribution in [0.4, 0.5) is 5.82 Å². The number of nitrogens with one attached hydrogen (secondary N) is 1. The van der Waals surface area contributed by atoms with E-state index in [4.69, 9.17) is 11.5 Å². The summed E-state index contributed by atoms with van der Waals surface area (Å²) in [7, 11) is 0. The summed E-state index contributed by atoms with van der Waals surface area (Å²) in [5.74, 6) is 0.424. The van der Waals surface area contributed by atoms with E-state index in [9.17, 15) is 9.59 Å². The van der Waals surface area contributed by atoms with Gasteiger partial charge in [-0.3, -0.25) is 9.59 Å². The lowest BCUT2D eigenvalue weighted by molar-refractivity contribution is -0.133. The highest BCUT2D eigenvalue weighted by Crippen LogP contribution is 2.21. The van der Waals surface area contributed by atoms with Crippen molar-refractivity contribution >= 4 is 17.6 Å². The zero-order chi connectivity index (χ0) is 17.0. The van der Waals surface area contributed by atoms with Crippen LogP contribution < -0.4 is 16.8 Å². The predicted octanol–water partition coefficient (Wildman–Crippen LogP) is 0.368. The third-order valence-corrected chi connectivity index (χ3v) is 4.31. The highest BCUT2D eigenvalue weighted by molar-refractivity contribution is 5.92. The van der Waals surface area contributed by atoms with Gasteiger partial charge in [-0.05, 0) is 44.7 Å². The third kappa shape index (κ3) is 4.41. The van der Waals surface area contributed by atoms with Gasteiger partial charge in [-0.1, -0.05) is 6.07 Å². The van der Waals surface area contributed by atoms with Crippen molar-refractivity contribution in [2.45, 2.75) is 38.8 Å². The Balaban J connectivity index is 1.86. The molecule has 0 saturated carbocycles. The van der Waals surface area contributed by atoms with Crippen LogP contribution in [-0.2, 0) is 4.79 Å². The number of aromatic nitrogens is 1. The lowest BCUT2D eigenvalue weighted by Gasteiger charge is -2.35. The Bertz CT molecular complexity index is 567. The number of hydrogen-bond donors (Lipinski definition) is 3. The number of carbonyl (C=O) groups is 2. The number of hydrogen-bond acceptors (Lipinski definition) is 5. The topological polar surface area (TPSA) is 114 Å². The first-order valence-electron chi connectivity index (χ1n) is 7.96. The molecule has 2 rings (SSSR count). The van der Waals surface area contributed by atoms with Crippen molar-refractivity contribution in [2.24, 2.45) is 11.7 Å². The van der Waals surface area contributed by atoms with E-state index >= 15 is 0 Å². The Labute approximate surface area is 136 Å². The normalized spacial score (nSPS) is 18.3. The molecular weight excluding hydrogens is 294 g/mol. The van der Waals surface area contributed by atoms with Gasteiger partial charge in [-0.25, -0.2) is 4.98 Å². The van der Waals surface area contributed by atoms with E-state index in [1.807, 2.05) is 6.92 Å². The first-order chi connectivity index (χ1) is 10.9. The van der Waals surface area contributed by atoms with Gasteiger partial charge in [0, 0.05) is 19.1 Å². The van der Waals surface area contributed by atoms with Crippen molar-refractivity contribution in [1.29, 1.82) is 0 Å². The smallest absolute Gasteiger partial charge is 0.270 e. The molecule has 7 nitrogen and oxygen atoms in total. The van der Waals surface area contributed by atoms with Crippen LogP contribution in [0.15, 0.2) is 18.2 Å². The van der Waals surface area contributed by atoms with E-state index in [2.05, 4.69) is 10.3 Å². The summed E-state index contributed by atoms with van der Waals surface area (Å²) in [6, 6.07) is 4.55. The molecule has 2 amide bonds. The molecule has 0 bridgehead atoms. The van der Waals surface area contributed by atoms with Crippen LogP contribution >= 0.6 is 0 Å². The van der Waals surface area contributed by atoms with Crippen molar-refractivity contribution in [3.63, 3.8) is 0 Å². The number of nitrogens with zero attached hydrogens (tertiary/aromatic N) is 2. The largest absolute Gasteiger partial charge is 0.384 e. The van der Waals surface area contributed by atoms with E-state index in [0.717, 1.165) is 12.8 Å². The number of nitrogen functional groups attached to an aromatic ring is 1.